The van der Waals surface area contributed by atoms with Crippen LogP contribution < -0.4 is 0 Å². The van der Waals surface area contributed by atoms with Gasteiger partial charge in [-0.1, -0.05) is 323 Å². The number of hydrogen-bond donors (Lipinski definition) is 3. The molecule has 0 amide bonds. The molecule has 96 heavy (non-hydrogen) atoms. The minimum absolute atomic E-state index is 0.0851. The van der Waals surface area contributed by atoms with Crippen molar-refractivity contribution in [2.75, 3.05) is 39.6 Å². The van der Waals surface area contributed by atoms with Gasteiger partial charge in [0.15, 0.2) is 12.2 Å². The van der Waals surface area contributed by atoms with E-state index in [-0.39, 0.29) is 25.7 Å². The highest BCUT2D eigenvalue weighted by Gasteiger charge is 2.30. The quantitative estimate of drug-likeness (QED) is 0.0169. The number of phosphoric ester groups is 2. The molecule has 17 nitrogen and oxygen atoms in total. The van der Waals surface area contributed by atoms with E-state index in [1.165, 1.54) is 180 Å². The number of aliphatic hydroxyl groups is 1. The minimum Gasteiger partial charge on any atom is -0.462 e. The lowest BCUT2D eigenvalue weighted by Crippen LogP contribution is -2.30. The Morgan fingerprint density at radius 2 is 0.562 bits per heavy atom. The number of unbranched alkanes of at least 4 members (excludes halogenated alkanes) is 41. The molecule has 0 radical (unpaired) electrons. The van der Waals surface area contributed by atoms with E-state index in [0.29, 0.717) is 25.7 Å². The molecule has 0 fully saturated rings. The lowest BCUT2D eigenvalue weighted by atomic mass is 10.0. The van der Waals surface area contributed by atoms with Crippen LogP contribution in [-0.4, -0.2) is 96.7 Å². The number of carbonyl (C=O) groups is 4. The van der Waals surface area contributed by atoms with E-state index in [9.17, 15) is 43.2 Å². The highest BCUT2D eigenvalue weighted by molar-refractivity contribution is 7.47. The van der Waals surface area contributed by atoms with Crippen LogP contribution in [0.3, 0.4) is 0 Å². The molecule has 0 aliphatic carbocycles. The number of ether oxygens (including phenoxy) is 4. The van der Waals surface area contributed by atoms with Crippen LogP contribution in [0.2, 0.25) is 0 Å². The van der Waals surface area contributed by atoms with Gasteiger partial charge < -0.3 is 33.8 Å². The summed E-state index contributed by atoms with van der Waals surface area (Å²) in [6.45, 7) is 9.54. The lowest BCUT2D eigenvalue weighted by molar-refractivity contribution is -0.161. The highest BCUT2D eigenvalue weighted by Crippen LogP contribution is 2.45. The van der Waals surface area contributed by atoms with Gasteiger partial charge in [-0.15, -0.1) is 0 Å². The van der Waals surface area contributed by atoms with E-state index in [0.717, 1.165) is 115 Å². The van der Waals surface area contributed by atoms with Crippen molar-refractivity contribution in [3.8, 4) is 0 Å². The summed E-state index contributed by atoms with van der Waals surface area (Å²) in [5, 5.41) is 10.6. The molecule has 5 atom stereocenters. The Kier molecular flexibility index (Phi) is 66.6. The summed E-state index contributed by atoms with van der Waals surface area (Å²) in [5.74, 6) is -0.613. The van der Waals surface area contributed by atoms with Crippen LogP contribution in [0.1, 0.15) is 375 Å². The predicted molar refractivity (Wildman–Crippen MR) is 391 cm³/mol. The van der Waals surface area contributed by atoms with E-state index in [4.69, 9.17) is 37.0 Å². The van der Waals surface area contributed by atoms with Crippen LogP contribution in [0.5, 0.6) is 0 Å². The second kappa shape index (κ2) is 68.3. The molecule has 0 saturated heterocycles. The summed E-state index contributed by atoms with van der Waals surface area (Å²) >= 11 is 0. The molecule has 0 aliphatic heterocycles. The van der Waals surface area contributed by atoms with Crippen molar-refractivity contribution in [2.24, 2.45) is 11.8 Å². The average Bonchev–Trinajstić information content (AvgIpc) is 1.74. The molecule has 0 bridgehead atoms. The van der Waals surface area contributed by atoms with Gasteiger partial charge in [0, 0.05) is 25.7 Å². The third kappa shape index (κ3) is 70.0. The van der Waals surface area contributed by atoms with Crippen molar-refractivity contribution in [3.63, 3.8) is 0 Å². The van der Waals surface area contributed by atoms with Gasteiger partial charge in [0.2, 0.25) is 0 Å². The Balaban J connectivity index is 5.30. The van der Waals surface area contributed by atoms with Gasteiger partial charge in [0.05, 0.1) is 26.4 Å². The number of hydrogen-bond acceptors (Lipinski definition) is 15. The summed E-state index contributed by atoms with van der Waals surface area (Å²) < 4.78 is 68.5. The largest absolute Gasteiger partial charge is 0.472 e. The number of allylic oxidation sites excluding steroid dienone is 4. The molecule has 0 rings (SSSR count). The van der Waals surface area contributed by atoms with E-state index >= 15 is 0 Å². The number of rotatable bonds is 74. The van der Waals surface area contributed by atoms with Gasteiger partial charge in [-0.05, 0) is 63.2 Å². The molecule has 2 unspecified atom stereocenters. The first-order chi connectivity index (χ1) is 46.4. The molecule has 0 aromatic heterocycles. The van der Waals surface area contributed by atoms with Crippen LogP contribution >= 0.6 is 15.6 Å². The smallest absolute Gasteiger partial charge is 0.462 e. The third-order valence-corrected chi connectivity index (χ3v) is 19.2. The molecule has 0 heterocycles. The Bertz CT molecular complexity index is 1950. The molecule has 3 N–H and O–H groups in total. The Morgan fingerprint density at radius 1 is 0.323 bits per heavy atom. The standard InChI is InChI=1S/C77H146O17P2/c1-7-9-11-13-15-17-19-21-22-24-30-37-43-49-55-61-76(81)93-72(65-88-75(80)60-54-48-42-36-29-26-25-27-33-39-45-51-57-69(3)4)67-91-95(83,84)89-63-71(78)64-90-96(85,86)92-68-73(94-77(82)62-56-50-44-38-32-31-34-40-46-52-58-70(5)6)66-87-74(79)59-53-47-41-35-28-23-20-18-16-14-12-10-8-2/h17,19,21-22,69-73,78H,7-16,18,20,23-68H2,1-6H3,(H,83,84)(H,85,86)/b19-17-,22-21-/t71-,72-,73-/m1/s1. The monoisotopic (exact) mass is 1410 g/mol. The molecular formula is C77H146O17P2. The number of aliphatic hydroxyl groups excluding tert-OH is 1. The zero-order valence-corrected chi connectivity index (χ0v) is 63.9. The zero-order chi connectivity index (χ0) is 70.7. The third-order valence-electron chi connectivity index (χ3n) is 17.3. The van der Waals surface area contributed by atoms with Gasteiger partial charge in [-0.25, -0.2) is 9.13 Å². The first kappa shape index (κ1) is 93.5. The minimum atomic E-state index is -4.97. The normalized spacial score (nSPS) is 14.2. The Labute approximate surface area is 586 Å². The van der Waals surface area contributed by atoms with Gasteiger partial charge >= 0.3 is 39.5 Å². The fourth-order valence-corrected chi connectivity index (χ4v) is 12.9. The lowest BCUT2D eigenvalue weighted by Gasteiger charge is -2.21. The first-order valence-electron chi connectivity index (χ1n) is 39.3. The summed E-state index contributed by atoms with van der Waals surface area (Å²) in [7, 11) is -9.93. The van der Waals surface area contributed by atoms with Gasteiger partial charge in [-0.3, -0.25) is 37.3 Å². The van der Waals surface area contributed by atoms with Crippen LogP contribution in [0.25, 0.3) is 0 Å². The second-order valence-electron chi connectivity index (χ2n) is 28.0. The molecule has 0 aromatic carbocycles. The summed E-state index contributed by atoms with van der Waals surface area (Å²) in [6.07, 6.45) is 58.9. The fourth-order valence-electron chi connectivity index (χ4n) is 11.3. The van der Waals surface area contributed by atoms with Crippen molar-refractivity contribution < 1.29 is 80.2 Å². The average molecular weight is 1410 g/mol. The van der Waals surface area contributed by atoms with Crippen molar-refractivity contribution >= 4 is 39.5 Å². The summed E-state index contributed by atoms with van der Waals surface area (Å²) in [5.41, 5.74) is 0. The van der Waals surface area contributed by atoms with E-state index in [1.807, 2.05) is 0 Å². The molecule has 0 spiro atoms. The van der Waals surface area contributed by atoms with E-state index in [1.54, 1.807) is 0 Å². The van der Waals surface area contributed by atoms with Gasteiger partial charge in [0.1, 0.15) is 19.3 Å². The Morgan fingerprint density at radius 3 is 0.854 bits per heavy atom. The maximum Gasteiger partial charge on any atom is 0.472 e. The Hall–Kier alpha value is -2.46. The van der Waals surface area contributed by atoms with Crippen LogP contribution in [0.4, 0.5) is 0 Å². The predicted octanol–water partition coefficient (Wildman–Crippen LogP) is 22.3. The van der Waals surface area contributed by atoms with Crippen LogP contribution in [0, 0.1) is 11.8 Å². The van der Waals surface area contributed by atoms with Crippen molar-refractivity contribution in [1.29, 1.82) is 0 Å². The molecular weight excluding hydrogens is 1260 g/mol. The van der Waals surface area contributed by atoms with Gasteiger partial charge in [0.25, 0.3) is 0 Å². The SMILES string of the molecule is CCCCCC/C=C\C=C/CCCCCCCC(=O)O[C@H](COC(=O)CCCCCCCCCCCCCCC(C)C)COP(=O)(O)OC[C@@H](O)COP(=O)(O)OC[C@@H](COC(=O)CCCCCCCCCCCCCCC)OC(=O)CCCCCCCCCCCCC(C)C. The number of esters is 4. The number of carbonyl (C=O) groups excluding carboxylic acids is 4. The second-order valence-corrected chi connectivity index (χ2v) is 30.9. The zero-order valence-electron chi connectivity index (χ0n) is 62.2. The maximum absolute atomic E-state index is 13.1. The fraction of sp³-hybridized carbons (Fsp3) is 0.896. The van der Waals surface area contributed by atoms with Crippen LogP contribution in [-0.2, 0) is 65.4 Å². The van der Waals surface area contributed by atoms with Crippen LogP contribution in [0.15, 0.2) is 24.3 Å². The van der Waals surface area contributed by atoms with Crippen molar-refractivity contribution in [2.45, 2.75) is 394 Å². The van der Waals surface area contributed by atoms with E-state index in [2.05, 4.69) is 65.8 Å². The van der Waals surface area contributed by atoms with Gasteiger partial charge in [-0.2, -0.15) is 0 Å². The van der Waals surface area contributed by atoms with E-state index < -0.39 is 97.5 Å². The number of phosphoric acid groups is 2. The molecule has 19 heteroatoms. The molecule has 0 saturated carbocycles. The van der Waals surface area contributed by atoms with Crippen molar-refractivity contribution in [1.82, 2.24) is 0 Å². The molecule has 566 valence electrons. The highest BCUT2D eigenvalue weighted by atomic mass is 31.2. The van der Waals surface area contributed by atoms with Crippen molar-refractivity contribution in [3.05, 3.63) is 24.3 Å². The summed E-state index contributed by atoms with van der Waals surface area (Å²) in [4.78, 5) is 72.9. The maximum atomic E-state index is 13.1. The molecule has 0 aliphatic rings. The summed E-state index contributed by atoms with van der Waals surface area (Å²) in [6, 6.07) is 0. The molecule has 0 aromatic rings. The first-order valence-corrected chi connectivity index (χ1v) is 42.3. The topological polar surface area (TPSA) is 237 Å².